The fraction of sp³-hybridized carbons (Fsp3) is 0.667. The highest BCUT2D eigenvalue weighted by molar-refractivity contribution is 5.90. The van der Waals surface area contributed by atoms with Gasteiger partial charge in [0.1, 0.15) is 0 Å². The van der Waals surface area contributed by atoms with E-state index < -0.39 is 5.97 Å². The Bertz CT molecular complexity index is 463. The van der Waals surface area contributed by atoms with Gasteiger partial charge in [-0.1, -0.05) is 5.16 Å². The number of carboxylic acids is 1. The van der Waals surface area contributed by atoms with Crippen molar-refractivity contribution in [2.75, 3.05) is 13.1 Å². The monoisotopic (exact) mass is 267 g/mol. The number of piperidine rings is 1. The summed E-state index contributed by atoms with van der Waals surface area (Å²) in [6.45, 7) is 2.88. The average molecular weight is 267 g/mol. The van der Waals surface area contributed by atoms with Crippen LogP contribution in [-0.4, -0.2) is 45.1 Å². The number of carboxylic acid groups (broad SMARTS) is 1. The molecular formula is C12H17N3O4. The zero-order chi connectivity index (χ0) is 13.8. The summed E-state index contributed by atoms with van der Waals surface area (Å²) in [7, 11) is 0. The van der Waals surface area contributed by atoms with E-state index in [4.69, 9.17) is 9.63 Å². The van der Waals surface area contributed by atoms with Crippen molar-refractivity contribution in [2.24, 2.45) is 5.92 Å². The summed E-state index contributed by atoms with van der Waals surface area (Å²) in [5.41, 5.74) is 0. The number of amides is 1. The highest BCUT2D eigenvalue weighted by atomic mass is 16.5. The van der Waals surface area contributed by atoms with Gasteiger partial charge >= 0.3 is 5.97 Å². The normalized spacial score (nSPS) is 16.6. The zero-order valence-corrected chi connectivity index (χ0v) is 10.8. The zero-order valence-electron chi connectivity index (χ0n) is 10.8. The van der Waals surface area contributed by atoms with Gasteiger partial charge in [0.25, 0.3) is 11.7 Å². The lowest BCUT2D eigenvalue weighted by atomic mass is 9.92. The van der Waals surface area contributed by atoms with E-state index in [0.717, 1.165) is 12.8 Å². The van der Waals surface area contributed by atoms with Gasteiger partial charge in [0.05, 0.1) is 0 Å². The third-order valence-electron chi connectivity index (χ3n) is 3.39. The van der Waals surface area contributed by atoms with Crippen LogP contribution in [0.15, 0.2) is 4.52 Å². The van der Waals surface area contributed by atoms with Crippen LogP contribution in [0.3, 0.4) is 0 Å². The minimum absolute atomic E-state index is 0.0986. The number of aliphatic carboxylic acids is 1. The Morgan fingerprint density at radius 3 is 2.63 bits per heavy atom. The molecule has 2 heterocycles. The molecule has 1 aromatic rings. The molecule has 0 aliphatic carbocycles. The molecule has 1 aromatic heterocycles. The first-order valence-electron chi connectivity index (χ1n) is 6.37. The molecule has 104 valence electrons. The first kappa shape index (κ1) is 13.5. The van der Waals surface area contributed by atoms with Crippen molar-refractivity contribution in [3.63, 3.8) is 0 Å². The van der Waals surface area contributed by atoms with Crippen LogP contribution >= 0.6 is 0 Å². The molecule has 0 unspecified atom stereocenters. The predicted molar refractivity (Wildman–Crippen MR) is 64.5 cm³/mol. The van der Waals surface area contributed by atoms with Gasteiger partial charge in [-0.3, -0.25) is 9.59 Å². The maximum Gasteiger partial charge on any atom is 0.303 e. The summed E-state index contributed by atoms with van der Waals surface area (Å²) < 4.78 is 4.79. The molecule has 0 bridgehead atoms. The van der Waals surface area contributed by atoms with E-state index >= 15 is 0 Å². The SMILES string of the molecule is Cc1nc(C(=O)N2CCC(CCC(=O)O)CC2)no1. The Hall–Kier alpha value is -1.92. The molecule has 1 aliphatic heterocycles. The van der Waals surface area contributed by atoms with Crippen molar-refractivity contribution >= 4 is 11.9 Å². The number of hydrogen-bond acceptors (Lipinski definition) is 5. The third-order valence-corrected chi connectivity index (χ3v) is 3.39. The largest absolute Gasteiger partial charge is 0.481 e. The van der Waals surface area contributed by atoms with Crippen LogP contribution in [0.25, 0.3) is 0 Å². The number of carbonyl (C=O) groups excluding carboxylic acids is 1. The van der Waals surface area contributed by atoms with Crippen LogP contribution < -0.4 is 0 Å². The van der Waals surface area contributed by atoms with Crippen LogP contribution in [0.5, 0.6) is 0 Å². The predicted octanol–water partition coefficient (Wildman–Crippen LogP) is 1.10. The lowest BCUT2D eigenvalue weighted by molar-refractivity contribution is -0.137. The second kappa shape index (κ2) is 5.81. The van der Waals surface area contributed by atoms with E-state index in [1.807, 2.05) is 0 Å². The number of likely N-dealkylation sites (tertiary alicyclic amines) is 1. The second-order valence-corrected chi connectivity index (χ2v) is 4.80. The molecular weight excluding hydrogens is 250 g/mol. The molecule has 1 N–H and O–H groups in total. The van der Waals surface area contributed by atoms with E-state index in [-0.39, 0.29) is 18.2 Å². The average Bonchev–Trinajstić information content (AvgIpc) is 2.83. The summed E-state index contributed by atoms with van der Waals surface area (Å²) in [6, 6.07) is 0. The van der Waals surface area contributed by atoms with Crippen molar-refractivity contribution in [2.45, 2.75) is 32.6 Å². The third kappa shape index (κ3) is 3.52. The highest BCUT2D eigenvalue weighted by Gasteiger charge is 2.26. The number of rotatable bonds is 4. The minimum atomic E-state index is -0.763. The van der Waals surface area contributed by atoms with Gasteiger partial charge in [0, 0.05) is 26.4 Å². The standard InChI is InChI=1S/C12H17N3O4/c1-8-13-11(14-19-8)12(18)15-6-4-9(5-7-15)2-3-10(16)17/h9H,2-7H2,1H3,(H,16,17). The summed E-state index contributed by atoms with van der Waals surface area (Å²) in [6.07, 6.45) is 2.53. The number of carbonyl (C=O) groups is 2. The maximum atomic E-state index is 12.0. The fourth-order valence-corrected chi connectivity index (χ4v) is 2.28. The van der Waals surface area contributed by atoms with Crippen molar-refractivity contribution in [1.29, 1.82) is 0 Å². The summed E-state index contributed by atoms with van der Waals surface area (Å²) in [4.78, 5) is 28.2. The van der Waals surface area contributed by atoms with Crippen molar-refractivity contribution < 1.29 is 19.2 Å². The number of hydrogen-bond donors (Lipinski definition) is 1. The van der Waals surface area contributed by atoms with E-state index in [1.54, 1.807) is 11.8 Å². The van der Waals surface area contributed by atoms with Crippen molar-refractivity contribution in [3.8, 4) is 0 Å². The first-order chi connectivity index (χ1) is 9.06. The molecule has 0 spiro atoms. The molecule has 2 rings (SSSR count). The molecule has 0 saturated carbocycles. The quantitative estimate of drug-likeness (QED) is 0.877. The van der Waals surface area contributed by atoms with Gasteiger partial charge in [-0.15, -0.1) is 0 Å². The first-order valence-corrected chi connectivity index (χ1v) is 6.37. The number of aryl methyl sites for hydroxylation is 1. The van der Waals surface area contributed by atoms with Gasteiger partial charge in [-0.2, -0.15) is 4.98 Å². The van der Waals surface area contributed by atoms with E-state index in [2.05, 4.69) is 10.1 Å². The van der Waals surface area contributed by atoms with Crippen LogP contribution in [0.4, 0.5) is 0 Å². The van der Waals surface area contributed by atoms with E-state index in [1.165, 1.54) is 0 Å². The number of aromatic nitrogens is 2. The fourth-order valence-electron chi connectivity index (χ4n) is 2.28. The topological polar surface area (TPSA) is 96.5 Å². The summed E-state index contributed by atoms with van der Waals surface area (Å²) in [5.74, 6) is -0.123. The lowest BCUT2D eigenvalue weighted by Crippen LogP contribution is -2.39. The van der Waals surface area contributed by atoms with Gasteiger partial charge in [0.15, 0.2) is 0 Å². The maximum absolute atomic E-state index is 12.0. The molecule has 1 saturated heterocycles. The van der Waals surface area contributed by atoms with Crippen LogP contribution in [-0.2, 0) is 4.79 Å². The van der Waals surface area contributed by atoms with Crippen LogP contribution in [0.2, 0.25) is 0 Å². The Labute approximate surface area is 110 Å². The lowest BCUT2D eigenvalue weighted by Gasteiger charge is -2.30. The summed E-state index contributed by atoms with van der Waals surface area (Å²) in [5, 5.41) is 12.3. The Morgan fingerprint density at radius 2 is 2.11 bits per heavy atom. The molecule has 7 heteroatoms. The van der Waals surface area contributed by atoms with E-state index in [9.17, 15) is 9.59 Å². The van der Waals surface area contributed by atoms with Gasteiger partial charge in [0.2, 0.25) is 5.89 Å². The molecule has 0 radical (unpaired) electrons. The number of nitrogens with zero attached hydrogens (tertiary/aromatic N) is 3. The Balaban J connectivity index is 1.83. The van der Waals surface area contributed by atoms with Gasteiger partial charge < -0.3 is 14.5 Å². The second-order valence-electron chi connectivity index (χ2n) is 4.80. The van der Waals surface area contributed by atoms with Crippen LogP contribution in [0, 0.1) is 12.8 Å². The molecule has 1 fully saturated rings. The van der Waals surface area contributed by atoms with Crippen molar-refractivity contribution in [1.82, 2.24) is 15.0 Å². The van der Waals surface area contributed by atoms with Gasteiger partial charge in [-0.05, 0) is 25.2 Å². The molecule has 0 atom stereocenters. The molecule has 1 amide bonds. The summed E-state index contributed by atoms with van der Waals surface area (Å²) >= 11 is 0. The highest BCUT2D eigenvalue weighted by Crippen LogP contribution is 2.22. The smallest absolute Gasteiger partial charge is 0.303 e. The molecule has 19 heavy (non-hydrogen) atoms. The molecule has 1 aliphatic rings. The van der Waals surface area contributed by atoms with Crippen molar-refractivity contribution in [3.05, 3.63) is 11.7 Å². The molecule has 7 nitrogen and oxygen atoms in total. The Kier molecular flexibility index (Phi) is 4.13. The van der Waals surface area contributed by atoms with E-state index in [0.29, 0.717) is 31.3 Å². The van der Waals surface area contributed by atoms with Crippen LogP contribution in [0.1, 0.15) is 42.2 Å². The van der Waals surface area contributed by atoms with Gasteiger partial charge in [-0.25, -0.2) is 0 Å². The molecule has 0 aromatic carbocycles. The Morgan fingerprint density at radius 1 is 1.42 bits per heavy atom. The minimum Gasteiger partial charge on any atom is -0.481 e.